The van der Waals surface area contributed by atoms with E-state index in [4.69, 9.17) is 21.1 Å². The molecule has 3 aromatic rings. The Balaban J connectivity index is 1.13. The number of nitrogens with zero attached hydrogens (tertiary/aromatic N) is 1. The molecule has 5 aliphatic rings. The number of urea groups is 1. The Labute approximate surface area is 260 Å². The molecule has 4 amide bonds. The van der Waals surface area contributed by atoms with Crippen molar-refractivity contribution in [2.75, 3.05) is 12.0 Å². The first-order valence-corrected chi connectivity index (χ1v) is 15.4. The maximum Gasteiger partial charge on any atom is 0.335 e. The molecule has 3 aromatic carbocycles. The highest BCUT2D eigenvalue weighted by Gasteiger charge is 2.51. The summed E-state index contributed by atoms with van der Waals surface area (Å²) in [6.45, 7) is 0.121. The van der Waals surface area contributed by atoms with Crippen LogP contribution < -0.4 is 19.7 Å². The van der Waals surface area contributed by atoms with Crippen LogP contribution in [0.4, 0.5) is 14.9 Å². The zero-order valence-electron chi connectivity index (χ0n) is 24.3. The number of ether oxygens (including phenoxy) is 2. The Morgan fingerprint density at radius 1 is 0.955 bits per heavy atom. The number of barbiturate groups is 1. The largest absolute Gasteiger partial charge is 0.493 e. The van der Waals surface area contributed by atoms with Crippen molar-refractivity contribution in [3.05, 3.63) is 93.8 Å². The molecule has 0 atom stereocenters. The number of benzene rings is 3. The average molecular weight is 615 g/mol. The van der Waals surface area contributed by atoms with Gasteiger partial charge in [-0.05, 0) is 121 Å². The number of rotatable bonds is 7. The lowest BCUT2D eigenvalue weighted by atomic mass is 9.48. The second-order valence-corrected chi connectivity index (χ2v) is 13.1. The highest BCUT2D eigenvalue weighted by atomic mass is 35.5. The van der Waals surface area contributed by atoms with Crippen molar-refractivity contribution in [1.82, 2.24) is 5.32 Å². The fourth-order valence-corrected chi connectivity index (χ4v) is 8.46. The molecule has 4 bridgehead atoms. The maximum atomic E-state index is 13.6. The van der Waals surface area contributed by atoms with Crippen LogP contribution in [0.3, 0.4) is 0 Å². The van der Waals surface area contributed by atoms with E-state index >= 15 is 0 Å². The highest BCUT2D eigenvalue weighted by Crippen LogP contribution is 2.60. The van der Waals surface area contributed by atoms with E-state index in [0.29, 0.717) is 11.3 Å². The molecule has 1 heterocycles. The van der Waals surface area contributed by atoms with Gasteiger partial charge in [-0.25, -0.2) is 14.1 Å². The molecular weight excluding hydrogens is 583 g/mol. The van der Waals surface area contributed by atoms with E-state index in [1.165, 1.54) is 69.4 Å². The van der Waals surface area contributed by atoms with Gasteiger partial charge in [0.25, 0.3) is 11.8 Å². The van der Waals surface area contributed by atoms with Gasteiger partial charge in [0.2, 0.25) is 0 Å². The molecule has 1 aliphatic heterocycles. The number of carbonyl (C=O) groups excluding carboxylic acids is 3. The lowest BCUT2D eigenvalue weighted by Crippen LogP contribution is -2.54. The van der Waals surface area contributed by atoms with E-state index in [-0.39, 0.29) is 39.9 Å². The molecular formula is C35H32ClFN2O5. The van der Waals surface area contributed by atoms with Crippen LogP contribution >= 0.6 is 11.6 Å². The number of nitrogens with one attached hydrogen (secondary N) is 1. The molecule has 4 aliphatic carbocycles. The summed E-state index contributed by atoms with van der Waals surface area (Å²) in [6.07, 6.45) is 9.07. The minimum absolute atomic E-state index is 0.121. The van der Waals surface area contributed by atoms with Gasteiger partial charge in [-0.3, -0.25) is 14.9 Å². The average Bonchev–Trinajstić information content (AvgIpc) is 2.99. The van der Waals surface area contributed by atoms with E-state index in [2.05, 4.69) is 17.4 Å². The van der Waals surface area contributed by atoms with Crippen molar-refractivity contribution in [2.24, 2.45) is 17.8 Å². The Bertz CT molecular complexity index is 1650. The summed E-state index contributed by atoms with van der Waals surface area (Å²) in [4.78, 5) is 40.3. The highest BCUT2D eigenvalue weighted by molar-refractivity contribution is 6.39. The van der Waals surface area contributed by atoms with Gasteiger partial charge in [0.15, 0.2) is 11.5 Å². The lowest BCUT2D eigenvalue weighted by Gasteiger charge is -2.57. The van der Waals surface area contributed by atoms with Crippen LogP contribution in [-0.4, -0.2) is 25.0 Å². The summed E-state index contributed by atoms with van der Waals surface area (Å²) < 4.78 is 24.6. The number of carbonyl (C=O) groups is 3. The second kappa shape index (κ2) is 11.1. The maximum absolute atomic E-state index is 13.6. The standard InChI is InChI=1S/C35H32ClFN2O5/c1-43-30-15-21(14-29(36)31(30)44-19-20-2-6-26(37)7-3-20)13-28-32(40)38-34(42)39(33(28)41)27-8-4-25(5-9-27)35-16-22-10-23(17-35)12-24(11-22)18-35/h2-9,13-15,22-24H,10-12,16-19H2,1H3,(H,38,40,42)/b28-13+. The van der Waals surface area contributed by atoms with Crippen LogP contribution in [0.2, 0.25) is 5.02 Å². The van der Waals surface area contributed by atoms with E-state index in [1.807, 2.05) is 12.1 Å². The summed E-state index contributed by atoms with van der Waals surface area (Å²) in [5.41, 5.74) is 2.80. The third kappa shape index (κ3) is 5.15. The first-order chi connectivity index (χ1) is 21.2. The van der Waals surface area contributed by atoms with Crippen molar-refractivity contribution in [2.45, 2.75) is 50.5 Å². The SMILES string of the molecule is COc1cc(/C=C2\C(=O)NC(=O)N(c3ccc(C45CC6CC(CC(C6)C4)C5)cc3)C2=O)cc(Cl)c1OCc1ccc(F)cc1. The second-order valence-electron chi connectivity index (χ2n) is 12.7. The summed E-state index contributed by atoms with van der Waals surface area (Å²) in [5.74, 6) is 1.07. The molecule has 0 radical (unpaired) electrons. The fraction of sp³-hybridized carbons (Fsp3) is 0.343. The number of imide groups is 2. The third-order valence-electron chi connectivity index (χ3n) is 9.74. The van der Waals surface area contributed by atoms with Crippen molar-refractivity contribution in [1.29, 1.82) is 0 Å². The smallest absolute Gasteiger partial charge is 0.335 e. The normalized spacial score (nSPS) is 26.7. The molecule has 0 aromatic heterocycles. The third-order valence-corrected chi connectivity index (χ3v) is 10.0. The van der Waals surface area contributed by atoms with Crippen molar-refractivity contribution >= 4 is 41.2 Å². The van der Waals surface area contributed by atoms with Gasteiger partial charge < -0.3 is 9.47 Å². The monoisotopic (exact) mass is 614 g/mol. The molecule has 7 nitrogen and oxygen atoms in total. The predicted octanol–water partition coefficient (Wildman–Crippen LogP) is 7.20. The quantitative estimate of drug-likeness (QED) is 0.225. The number of hydrogen-bond donors (Lipinski definition) is 1. The van der Waals surface area contributed by atoms with Crippen LogP contribution in [0.15, 0.2) is 66.2 Å². The first kappa shape index (κ1) is 28.6. The topological polar surface area (TPSA) is 84.9 Å². The van der Waals surface area contributed by atoms with Gasteiger partial charge in [0, 0.05) is 0 Å². The first-order valence-electron chi connectivity index (χ1n) is 15.0. The van der Waals surface area contributed by atoms with Crippen molar-refractivity contribution in [3.8, 4) is 11.5 Å². The zero-order valence-corrected chi connectivity index (χ0v) is 25.0. The summed E-state index contributed by atoms with van der Waals surface area (Å²) >= 11 is 6.53. The van der Waals surface area contributed by atoms with Crippen molar-refractivity contribution in [3.63, 3.8) is 0 Å². The fourth-order valence-electron chi connectivity index (χ4n) is 8.19. The Hall–Kier alpha value is -4.17. The van der Waals surface area contributed by atoms with E-state index in [1.54, 1.807) is 24.3 Å². The molecule has 0 spiro atoms. The number of hydrogen-bond acceptors (Lipinski definition) is 5. The lowest BCUT2D eigenvalue weighted by molar-refractivity contribution is -0.122. The van der Waals surface area contributed by atoms with Crippen LogP contribution in [0.25, 0.3) is 6.08 Å². The molecule has 226 valence electrons. The molecule has 8 rings (SSSR count). The number of methoxy groups -OCH3 is 1. The Morgan fingerprint density at radius 2 is 1.59 bits per heavy atom. The molecule has 9 heteroatoms. The van der Waals surface area contributed by atoms with Crippen LogP contribution in [0, 0.1) is 23.6 Å². The summed E-state index contributed by atoms with van der Waals surface area (Å²) in [5, 5.41) is 2.48. The minimum Gasteiger partial charge on any atom is -0.493 e. The Morgan fingerprint density at radius 3 is 2.20 bits per heavy atom. The van der Waals surface area contributed by atoms with E-state index < -0.39 is 17.8 Å². The van der Waals surface area contributed by atoms with Gasteiger partial charge in [-0.1, -0.05) is 35.9 Å². The van der Waals surface area contributed by atoms with Gasteiger partial charge in [0.05, 0.1) is 17.8 Å². The van der Waals surface area contributed by atoms with Crippen LogP contribution in [0.1, 0.15) is 55.2 Å². The van der Waals surface area contributed by atoms with E-state index in [9.17, 15) is 18.8 Å². The summed E-state index contributed by atoms with van der Waals surface area (Å²) in [6, 6.07) is 15.9. The molecule has 4 saturated carbocycles. The van der Waals surface area contributed by atoms with Gasteiger partial charge >= 0.3 is 6.03 Å². The Kier molecular flexibility index (Phi) is 7.20. The molecule has 44 heavy (non-hydrogen) atoms. The van der Waals surface area contributed by atoms with Gasteiger partial charge in [-0.15, -0.1) is 0 Å². The molecule has 1 saturated heterocycles. The number of halogens is 2. The van der Waals surface area contributed by atoms with Crippen molar-refractivity contribution < 1.29 is 28.2 Å². The van der Waals surface area contributed by atoms with Gasteiger partial charge in [-0.2, -0.15) is 0 Å². The van der Waals surface area contributed by atoms with Crippen LogP contribution in [-0.2, 0) is 21.6 Å². The number of anilines is 1. The summed E-state index contributed by atoms with van der Waals surface area (Å²) in [7, 11) is 1.44. The van der Waals surface area contributed by atoms with E-state index in [0.717, 1.165) is 28.2 Å². The molecule has 5 fully saturated rings. The predicted molar refractivity (Wildman–Crippen MR) is 164 cm³/mol. The zero-order chi connectivity index (χ0) is 30.6. The number of amides is 4. The molecule has 0 unspecified atom stereocenters. The molecule has 1 N–H and O–H groups in total. The van der Waals surface area contributed by atoms with Gasteiger partial charge in [0.1, 0.15) is 18.0 Å². The van der Waals surface area contributed by atoms with Crippen LogP contribution in [0.5, 0.6) is 11.5 Å². The minimum atomic E-state index is -0.798.